The molecule has 0 N–H and O–H groups in total. The van der Waals surface area contributed by atoms with Crippen molar-refractivity contribution in [2.45, 2.75) is 25.4 Å². The average molecular weight is 218 g/mol. The van der Waals surface area contributed by atoms with Gasteiger partial charge in [0.15, 0.2) is 0 Å². The molecule has 0 radical (unpaired) electrons. The van der Waals surface area contributed by atoms with E-state index in [4.69, 9.17) is 4.74 Å². The minimum atomic E-state index is -0.333. The van der Waals surface area contributed by atoms with Crippen LogP contribution < -0.4 is 0 Å². The van der Waals surface area contributed by atoms with E-state index in [1.165, 1.54) is 13.3 Å². The average Bonchev–Trinajstić information content (AvgIpc) is 2.84. The molecule has 0 aromatic carbocycles. The van der Waals surface area contributed by atoms with Crippen LogP contribution in [-0.4, -0.2) is 17.4 Å². The summed E-state index contributed by atoms with van der Waals surface area (Å²) >= 11 is 0. The van der Waals surface area contributed by atoms with Crippen molar-refractivity contribution in [2.24, 2.45) is 41.4 Å². The Kier molecular flexibility index (Phi) is 1.02. The van der Waals surface area contributed by atoms with Crippen LogP contribution in [-0.2, 0) is 14.3 Å². The summed E-state index contributed by atoms with van der Waals surface area (Å²) < 4.78 is 5.69. The Morgan fingerprint density at radius 1 is 1.38 bits per heavy atom. The lowest BCUT2D eigenvalue weighted by Gasteiger charge is -2.40. The highest BCUT2D eigenvalue weighted by molar-refractivity contribution is 5.94. The van der Waals surface area contributed by atoms with Gasteiger partial charge in [-0.1, -0.05) is 0 Å². The molecule has 6 bridgehead atoms. The third-order valence-electron chi connectivity index (χ3n) is 6.39. The second kappa shape index (κ2) is 1.98. The van der Waals surface area contributed by atoms with Crippen LogP contribution in [0.25, 0.3) is 0 Å². The molecule has 0 heterocycles. The van der Waals surface area contributed by atoms with Gasteiger partial charge in [0.2, 0.25) is 0 Å². The molecule has 0 saturated heterocycles. The van der Waals surface area contributed by atoms with Gasteiger partial charge in [0.25, 0.3) is 0 Å². The zero-order chi connectivity index (χ0) is 10.8. The van der Waals surface area contributed by atoms with E-state index in [0.29, 0.717) is 35.4 Å². The van der Waals surface area contributed by atoms with E-state index >= 15 is 0 Å². The van der Waals surface area contributed by atoms with Gasteiger partial charge in [-0.15, -0.1) is 0 Å². The van der Waals surface area contributed by atoms with Gasteiger partial charge in [0.05, 0.1) is 5.92 Å². The molecule has 6 aliphatic rings. The van der Waals surface area contributed by atoms with Crippen LogP contribution >= 0.6 is 0 Å². The molecule has 6 fully saturated rings. The Hall–Kier alpha value is -0.860. The van der Waals surface area contributed by atoms with Crippen molar-refractivity contribution in [3.63, 3.8) is 0 Å². The Balaban J connectivity index is 1.74. The molecule has 0 aromatic rings. The number of ether oxygens (including phenoxy) is 1. The number of rotatable bonds is 1. The molecule has 0 amide bonds. The number of carbonyl (C=O) groups excluding carboxylic acids is 2. The van der Waals surface area contributed by atoms with Gasteiger partial charge in [0.1, 0.15) is 11.4 Å². The minimum Gasteiger partial charge on any atom is -0.458 e. The second-order valence-electron chi connectivity index (χ2n) is 6.49. The first kappa shape index (κ1) is 8.26. The Labute approximate surface area is 93.5 Å². The molecule has 0 spiro atoms. The number of esters is 1. The van der Waals surface area contributed by atoms with Crippen LogP contribution in [0, 0.1) is 41.4 Å². The number of carbonyl (C=O) groups is 2. The van der Waals surface area contributed by atoms with Crippen molar-refractivity contribution in [1.29, 1.82) is 0 Å². The fraction of sp³-hybridized carbons (Fsp3) is 0.846. The van der Waals surface area contributed by atoms with E-state index < -0.39 is 0 Å². The van der Waals surface area contributed by atoms with Crippen molar-refractivity contribution >= 4 is 11.8 Å². The van der Waals surface area contributed by atoms with Crippen LogP contribution in [0.2, 0.25) is 0 Å². The SMILES string of the molecule is CC(=O)O[C@@]12C[C@H]3[C@H]4C[C@H]5[C@@H](C(=O)[C@H]1[C@@H]35)[C@@H]42. The fourth-order valence-corrected chi connectivity index (χ4v) is 6.66. The minimum absolute atomic E-state index is 0.0974. The van der Waals surface area contributed by atoms with E-state index in [9.17, 15) is 9.59 Å². The molecule has 6 saturated carbocycles. The van der Waals surface area contributed by atoms with E-state index in [1.54, 1.807) is 0 Å². The molecule has 84 valence electrons. The van der Waals surface area contributed by atoms with Gasteiger partial charge < -0.3 is 4.74 Å². The molecule has 0 unspecified atom stereocenters. The first-order valence-corrected chi connectivity index (χ1v) is 6.38. The summed E-state index contributed by atoms with van der Waals surface area (Å²) in [5, 5.41) is 0. The van der Waals surface area contributed by atoms with Crippen LogP contribution in [0.1, 0.15) is 19.8 Å². The summed E-state index contributed by atoms with van der Waals surface area (Å²) in [6, 6.07) is 0. The van der Waals surface area contributed by atoms with E-state index in [0.717, 1.165) is 6.42 Å². The van der Waals surface area contributed by atoms with Crippen LogP contribution in [0.5, 0.6) is 0 Å². The van der Waals surface area contributed by atoms with Crippen molar-refractivity contribution in [1.82, 2.24) is 0 Å². The molecular weight excluding hydrogens is 204 g/mol. The van der Waals surface area contributed by atoms with Crippen molar-refractivity contribution in [2.75, 3.05) is 0 Å². The monoisotopic (exact) mass is 218 g/mol. The van der Waals surface area contributed by atoms with E-state index in [2.05, 4.69) is 0 Å². The summed E-state index contributed by atoms with van der Waals surface area (Å²) in [5.74, 6) is 3.72. The normalized spacial score (nSPS) is 66.6. The standard InChI is InChI=1S/C13H14O3/c1-4(14)16-13-3-7-5-2-6-8(7)11(13)12(15)9(6)10(5)13/h5-11H,2-3H2,1H3/t5-,6-,7+,8-,9-,10-,11-,13-/m1/s1. The second-order valence-corrected chi connectivity index (χ2v) is 6.49. The van der Waals surface area contributed by atoms with Crippen molar-refractivity contribution < 1.29 is 14.3 Å². The van der Waals surface area contributed by atoms with Gasteiger partial charge in [-0.05, 0) is 36.5 Å². The molecule has 0 aliphatic heterocycles. The summed E-state index contributed by atoms with van der Waals surface area (Å²) in [7, 11) is 0. The number of ketones is 1. The van der Waals surface area contributed by atoms with Gasteiger partial charge >= 0.3 is 5.97 Å². The maximum absolute atomic E-state index is 12.3. The molecule has 8 atom stereocenters. The lowest BCUT2D eigenvalue weighted by atomic mass is 9.69. The predicted octanol–water partition coefficient (Wildman–Crippen LogP) is 1.02. The summed E-state index contributed by atoms with van der Waals surface area (Å²) in [6.45, 7) is 1.49. The maximum atomic E-state index is 12.3. The van der Waals surface area contributed by atoms with Gasteiger partial charge in [-0.2, -0.15) is 0 Å². The molecule has 0 aromatic heterocycles. The molecule has 16 heavy (non-hydrogen) atoms. The zero-order valence-electron chi connectivity index (χ0n) is 9.18. The summed E-state index contributed by atoms with van der Waals surface area (Å²) in [6.07, 6.45) is 2.24. The topological polar surface area (TPSA) is 43.4 Å². The van der Waals surface area contributed by atoms with Crippen LogP contribution in [0.4, 0.5) is 0 Å². The lowest BCUT2D eigenvalue weighted by molar-refractivity contribution is -0.168. The third kappa shape index (κ3) is 0.518. The van der Waals surface area contributed by atoms with Crippen molar-refractivity contribution in [3.05, 3.63) is 0 Å². The van der Waals surface area contributed by atoms with Crippen LogP contribution in [0.15, 0.2) is 0 Å². The predicted molar refractivity (Wildman–Crippen MR) is 53.2 cm³/mol. The van der Waals surface area contributed by atoms with Crippen LogP contribution in [0.3, 0.4) is 0 Å². The first-order valence-electron chi connectivity index (χ1n) is 6.38. The smallest absolute Gasteiger partial charge is 0.303 e. The lowest BCUT2D eigenvalue weighted by Crippen LogP contribution is -2.46. The first-order chi connectivity index (χ1) is 7.65. The quantitative estimate of drug-likeness (QED) is 0.617. The number of Topliss-reactive ketones (excluding diaryl/α,β-unsaturated/α-hetero) is 1. The number of hydrogen-bond donors (Lipinski definition) is 0. The van der Waals surface area contributed by atoms with E-state index in [1.807, 2.05) is 0 Å². The summed E-state index contributed by atoms with van der Waals surface area (Å²) in [5.41, 5.74) is -0.333. The largest absolute Gasteiger partial charge is 0.458 e. The Bertz CT molecular complexity index is 456. The summed E-state index contributed by atoms with van der Waals surface area (Å²) in [4.78, 5) is 23.6. The number of hydrogen-bond acceptors (Lipinski definition) is 3. The van der Waals surface area contributed by atoms with Crippen molar-refractivity contribution in [3.8, 4) is 0 Å². The zero-order valence-corrected chi connectivity index (χ0v) is 9.18. The molecule has 3 nitrogen and oxygen atoms in total. The van der Waals surface area contributed by atoms with Gasteiger partial charge in [0, 0.05) is 18.8 Å². The molecule has 3 heteroatoms. The fourth-order valence-electron chi connectivity index (χ4n) is 6.66. The Morgan fingerprint density at radius 3 is 2.94 bits per heavy atom. The molecule has 6 aliphatic carbocycles. The van der Waals surface area contributed by atoms with Gasteiger partial charge in [-0.25, -0.2) is 0 Å². The molecular formula is C13H14O3. The van der Waals surface area contributed by atoms with E-state index in [-0.39, 0.29) is 23.4 Å². The molecule has 6 rings (SSSR count). The maximum Gasteiger partial charge on any atom is 0.303 e. The highest BCUT2D eigenvalue weighted by Gasteiger charge is 2.88. The van der Waals surface area contributed by atoms with Gasteiger partial charge in [-0.3, -0.25) is 9.59 Å². The third-order valence-corrected chi connectivity index (χ3v) is 6.39. The Morgan fingerprint density at radius 2 is 2.19 bits per heavy atom. The highest BCUT2D eigenvalue weighted by Crippen LogP contribution is 2.83. The highest BCUT2D eigenvalue weighted by atomic mass is 16.6.